The van der Waals surface area contributed by atoms with Crippen molar-refractivity contribution in [3.8, 4) is 0 Å². The van der Waals surface area contributed by atoms with Gasteiger partial charge in [-0.15, -0.1) is 0 Å². The summed E-state index contributed by atoms with van der Waals surface area (Å²) in [6.07, 6.45) is 1.92. The molecule has 0 aliphatic carbocycles. The van der Waals surface area contributed by atoms with E-state index in [1.807, 2.05) is 6.92 Å². The second-order valence-electron chi connectivity index (χ2n) is 5.38. The molecular formula is C17H18FN5O. The maximum absolute atomic E-state index is 13.5. The van der Waals surface area contributed by atoms with Gasteiger partial charge in [-0.1, -0.05) is 18.2 Å². The van der Waals surface area contributed by atoms with E-state index in [1.165, 1.54) is 12.3 Å². The molecule has 3 aromatic rings. The molecule has 0 bridgehead atoms. The van der Waals surface area contributed by atoms with E-state index >= 15 is 0 Å². The number of nitrogens with one attached hydrogen (secondary N) is 1. The first-order chi connectivity index (χ1) is 11.6. The van der Waals surface area contributed by atoms with Gasteiger partial charge >= 0.3 is 0 Å². The molecular weight excluding hydrogens is 309 g/mol. The number of fused-ring (bicyclic) bond motifs is 1. The molecule has 0 saturated heterocycles. The average Bonchev–Trinajstić information content (AvgIpc) is 2.90. The number of nitrogens with two attached hydrogens (primary N) is 1. The molecule has 0 aliphatic rings. The minimum atomic E-state index is -0.273. The molecule has 3 N–H and O–H groups in total. The number of nitrogen functional groups attached to an aromatic ring is 1. The molecule has 0 fully saturated rings. The third kappa shape index (κ3) is 3.05. The SMILES string of the molecule is CCn1c(N)nc2cc(C(=O)NCCc3ccccc3F)cnc21. The third-order valence-corrected chi connectivity index (χ3v) is 3.83. The van der Waals surface area contributed by atoms with E-state index in [-0.39, 0.29) is 11.7 Å². The van der Waals surface area contributed by atoms with Crippen LogP contribution in [0.25, 0.3) is 11.2 Å². The maximum atomic E-state index is 13.5. The lowest BCUT2D eigenvalue weighted by molar-refractivity contribution is 0.0954. The summed E-state index contributed by atoms with van der Waals surface area (Å²) in [6.45, 7) is 2.94. The van der Waals surface area contributed by atoms with Crippen molar-refractivity contribution in [3.63, 3.8) is 0 Å². The van der Waals surface area contributed by atoms with Crippen LogP contribution < -0.4 is 11.1 Å². The number of aryl methyl sites for hydroxylation is 1. The molecule has 2 aromatic heterocycles. The zero-order valence-corrected chi connectivity index (χ0v) is 13.3. The summed E-state index contributed by atoms with van der Waals surface area (Å²) in [7, 11) is 0. The van der Waals surface area contributed by atoms with Crippen molar-refractivity contribution >= 4 is 23.0 Å². The number of carbonyl (C=O) groups is 1. The minimum absolute atomic E-state index is 0.268. The number of imidazole rings is 1. The van der Waals surface area contributed by atoms with E-state index in [4.69, 9.17) is 5.73 Å². The summed E-state index contributed by atoms with van der Waals surface area (Å²) in [4.78, 5) is 20.7. The first-order valence-corrected chi connectivity index (χ1v) is 7.73. The lowest BCUT2D eigenvalue weighted by Gasteiger charge is -2.06. The lowest BCUT2D eigenvalue weighted by Crippen LogP contribution is -2.26. The van der Waals surface area contributed by atoms with Crippen LogP contribution in [0.15, 0.2) is 36.5 Å². The van der Waals surface area contributed by atoms with Gasteiger partial charge in [0.25, 0.3) is 5.91 Å². The Labute approximate surface area is 138 Å². The quantitative estimate of drug-likeness (QED) is 0.752. The Hall–Kier alpha value is -2.96. The van der Waals surface area contributed by atoms with Crippen LogP contribution in [0.4, 0.5) is 10.3 Å². The summed E-state index contributed by atoms with van der Waals surface area (Å²) in [5, 5.41) is 2.76. The Kier molecular flexibility index (Phi) is 4.41. The molecule has 0 atom stereocenters. The fourth-order valence-electron chi connectivity index (χ4n) is 2.58. The number of hydrogen-bond donors (Lipinski definition) is 2. The molecule has 0 spiro atoms. The highest BCUT2D eigenvalue weighted by Gasteiger charge is 2.12. The van der Waals surface area contributed by atoms with E-state index in [1.54, 1.807) is 28.8 Å². The molecule has 124 valence electrons. The molecule has 0 unspecified atom stereocenters. The average molecular weight is 327 g/mol. The number of amides is 1. The van der Waals surface area contributed by atoms with Crippen LogP contribution in [0.2, 0.25) is 0 Å². The first-order valence-electron chi connectivity index (χ1n) is 7.73. The summed E-state index contributed by atoms with van der Waals surface area (Å²) in [5.74, 6) is -0.169. The molecule has 0 radical (unpaired) electrons. The van der Waals surface area contributed by atoms with Gasteiger partial charge in [-0.25, -0.2) is 14.4 Å². The summed E-state index contributed by atoms with van der Waals surface area (Å²) in [5.41, 5.74) is 8.03. The summed E-state index contributed by atoms with van der Waals surface area (Å²) >= 11 is 0. The van der Waals surface area contributed by atoms with Crippen molar-refractivity contribution in [2.75, 3.05) is 12.3 Å². The van der Waals surface area contributed by atoms with Crippen LogP contribution in [0.5, 0.6) is 0 Å². The van der Waals surface area contributed by atoms with E-state index < -0.39 is 0 Å². The van der Waals surface area contributed by atoms with E-state index in [2.05, 4.69) is 15.3 Å². The largest absolute Gasteiger partial charge is 0.369 e. The van der Waals surface area contributed by atoms with Crippen LogP contribution in [-0.2, 0) is 13.0 Å². The highest BCUT2D eigenvalue weighted by Crippen LogP contribution is 2.16. The van der Waals surface area contributed by atoms with Gasteiger partial charge in [0.15, 0.2) is 5.65 Å². The van der Waals surface area contributed by atoms with Crippen LogP contribution in [0.1, 0.15) is 22.8 Å². The lowest BCUT2D eigenvalue weighted by atomic mass is 10.1. The number of benzene rings is 1. The molecule has 1 amide bonds. The fraction of sp³-hybridized carbons (Fsp3) is 0.235. The number of hydrogen-bond acceptors (Lipinski definition) is 4. The van der Waals surface area contributed by atoms with Crippen LogP contribution >= 0.6 is 0 Å². The molecule has 24 heavy (non-hydrogen) atoms. The van der Waals surface area contributed by atoms with Gasteiger partial charge in [-0.3, -0.25) is 9.36 Å². The van der Waals surface area contributed by atoms with Crippen molar-refractivity contribution in [1.82, 2.24) is 19.9 Å². The number of carbonyl (C=O) groups excluding carboxylic acids is 1. The highest BCUT2D eigenvalue weighted by molar-refractivity contribution is 5.96. The Morgan fingerprint density at radius 2 is 2.17 bits per heavy atom. The second kappa shape index (κ2) is 6.66. The predicted molar refractivity (Wildman–Crippen MR) is 90.1 cm³/mol. The summed E-state index contributed by atoms with van der Waals surface area (Å²) in [6, 6.07) is 8.17. The Morgan fingerprint density at radius 1 is 1.38 bits per heavy atom. The van der Waals surface area contributed by atoms with Gasteiger partial charge in [0, 0.05) is 19.3 Å². The summed E-state index contributed by atoms with van der Waals surface area (Å²) < 4.78 is 15.3. The van der Waals surface area contributed by atoms with Gasteiger partial charge < -0.3 is 11.1 Å². The smallest absolute Gasteiger partial charge is 0.252 e. The molecule has 1 aromatic carbocycles. The van der Waals surface area contributed by atoms with Crippen molar-refractivity contribution < 1.29 is 9.18 Å². The van der Waals surface area contributed by atoms with Gasteiger partial charge in [-0.2, -0.15) is 0 Å². The molecule has 2 heterocycles. The van der Waals surface area contributed by atoms with Crippen molar-refractivity contribution in [3.05, 3.63) is 53.5 Å². The first kappa shape index (κ1) is 15.9. The fourth-order valence-corrected chi connectivity index (χ4v) is 2.58. The maximum Gasteiger partial charge on any atom is 0.252 e. The number of aromatic nitrogens is 3. The Bertz CT molecular complexity index is 890. The normalized spacial score (nSPS) is 10.9. The second-order valence-corrected chi connectivity index (χ2v) is 5.38. The van der Waals surface area contributed by atoms with Gasteiger partial charge in [0.1, 0.15) is 11.3 Å². The van der Waals surface area contributed by atoms with Crippen molar-refractivity contribution in [2.24, 2.45) is 0 Å². The highest BCUT2D eigenvalue weighted by atomic mass is 19.1. The van der Waals surface area contributed by atoms with Crippen molar-refractivity contribution in [2.45, 2.75) is 19.9 Å². The van der Waals surface area contributed by atoms with Crippen molar-refractivity contribution in [1.29, 1.82) is 0 Å². The van der Waals surface area contributed by atoms with Gasteiger partial charge in [0.05, 0.1) is 5.56 Å². The van der Waals surface area contributed by atoms with E-state index in [0.29, 0.717) is 47.7 Å². The zero-order valence-electron chi connectivity index (χ0n) is 13.3. The molecule has 6 nitrogen and oxygen atoms in total. The van der Waals surface area contributed by atoms with Crippen LogP contribution in [0, 0.1) is 5.82 Å². The number of anilines is 1. The Balaban J connectivity index is 1.69. The molecule has 7 heteroatoms. The Morgan fingerprint density at radius 3 is 2.92 bits per heavy atom. The monoisotopic (exact) mass is 327 g/mol. The molecule has 0 saturated carbocycles. The topological polar surface area (TPSA) is 85.8 Å². The molecule has 0 aliphatic heterocycles. The van der Waals surface area contributed by atoms with E-state index in [9.17, 15) is 9.18 Å². The predicted octanol–water partition coefficient (Wildman–Crippen LogP) is 2.14. The number of nitrogens with zero attached hydrogens (tertiary/aromatic N) is 3. The third-order valence-electron chi connectivity index (χ3n) is 3.83. The zero-order chi connectivity index (χ0) is 17.1. The molecule has 3 rings (SSSR count). The standard InChI is InChI=1S/C17H18FN5O/c1-2-23-15-14(22-17(23)19)9-12(10-21-15)16(24)20-8-7-11-5-3-4-6-13(11)18/h3-6,9-10H,2,7-8H2,1H3,(H2,19,22)(H,20,24). The minimum Gasteiger partial charge on any atom is -0.369 e. The van der Waals surface area contributed by atoms with E-state index in [0.717, 1.165) is 0 Å². The van der Waals surface area contributed by atoms with Gasteiger partial charge in [0.2, 0.25) is 5.95 Å². The van der Waals surface area contributed by atoms with Crippen LogP contribution in [0.3, 0.4) is 0 Å². The number of pyridine rings is 1. The number of halogens is 1. The number of rotatable bonds is 5. The van der Waals surface area contributed by atoms with Crippen LogP contribution in [-0.4, -0.2) is 27.0 Å². The van der Waals surface area contributed by atoms with Gasteiger partial charge in [-0.05, 0) is 31.0 Å².